The van der Waals surface area contributed by atoms with Crippen LogP contribution in [0.5, 0.6) is 0 Å². The first-order valence-electron chi connectivity index (χ1n) is 12.3. The Kier molecular flexibility index (Phi) is 9.21. The highest BCUT2D eigenvalue weighted by Gasteiger charge is 2.46. The molecule has 8 heteroatoms. The number of Topliss-reactive ketones (excluding diaryl/α,β-unsaturated/α-hetero) is 1. The molecule has 0 saturated heterocycles. The first-order chi connectivity index (χ1) is 16.8. The second-order valence-corrected chi connectivity index (χ2v) is 16.5. The number of hydrogen-bond donors (Lipinski definition) is 0. The van der Waals surface area contributed by atoms with Gasteiger partial charge in [0.15, 0.2) is 19.8 Å². The van der Waals surface area contributed by atoms with Crippen LogP contribution in [0, 0.1) is 0 Å². The Labute approximate surface area is 225 Å². The first kappa shape index (κ1) is 29.0. The maximum absolute atomic E-state index is 16.3. The van der Waals surface area contributed by atoms with E-state index in [0.29, 0.717) is 47.4 Å². The van der Waals surface area contributed by atoms with Gasteiger partial charge in [-0.2, -0.15) is 0 Å². The van der Waals surface area contributed by atoms with Crippen molar-refractivity contribution in [2.75, 3.05) is 6.61 Å². The molecule has 1 aliphatic rings. The van der Waals surface area contributed by atoms with Gasteiger partial charge in [0.1, 0.15) is 6.10 Å². The van der Waals surface area contributed by atoms with Crippen LogP contribution in [0.3, 0.4) is 0 Å². The normalized spacial score (nSPS) is 20.2. The minimum atomic E-state index is -2.12. The standard InChI is InChI=1S/C28H36Cl2FNO3Si/c1-7-15-34-24-12-13-28(31,22-9-8-14-32-26(22)24)25(33)11-10-21-19(16-20(29)17-23(21)30)18-35-36(5,6)27(2,3)4/h7-9,14,16-17,24H,1,10-13,15,18H2,2-6H3/t24-,28-/m0/s1. The van der Waals surface area contributed by atoms with Crippen LogP contribution in [0.4, 0.5) is 4.39 Å². The SMILES string of the molecule is C=CCO[C@H]1CC[C@@](F)(C(=O)CCc2c(Cl)cc(Cl)cc2CO[Si](C)(C)C(C)(C)C)c2cccnc21. The highest BCUT2D eigenvalue weighted by Crippen LogP contribution is 2.45. The van der Waals surface area contributed by atoms with Gasteiger partial charge in [0, 0.05) is 28.2 Å². The van der Waals surface area contributed by atoms with Crippen LogP contribution < -0.4 is 0 Å². The Hall–Kier alpha value is -1.57. The molecule has 36 heavy (non-hydrogen) atoms. The molecule has 1 aromatic carbocycles. The van der Waals surface area contributed by atoms with E-state index in [0.717, 1.165) is 11.1 Å². The average molecular weight is 553 g/mol. The minimum absolute atomic E-state index is 0.00252. The van der Waals surface area contributed by atoms with E-state index in [9.17, 15) is 4.79 Å². The number of fused-ring (bicyclic) bond motifs is 1. The summed E-state index contributed by atoms with van der Waals surface area (Å²) in [5.74, 6) is -0.485. The number of aromatic nitrogens is 1. The largest absolute Gasteiger partial charge is 0.413 e. The van der Waals surface area contributed by atoms with E-state index in [1.165, 1.54) is 0 Å². The van der Waals surface area contributed by atoms with Crippen molar-refractivity contribution in [1.29, 1.82) is 0 Å². The van der Waals surface area contributed by atoms with Crippen LogP contribution in [0.25, 0.3) is 0 Å². The van der Waals surface area contributed by atoms with E-state index in [4.69, 9.17) is 32.4 Å². The van der Waals surface area contributed by atoms with E-state index in [1.54, 1.807) is 30.5 Å². The number of ketones is 1. The van der Waals surface area contributed by atoms with Crippen molar-refractivity contribution >= 4 is 37.3 Å². The molecule has 0 bridgehead atoms. The maximum atomic E-state index is 16.3. The lowest BCUT2D eigenvalue weighted by Crippen LogP contribution is -2.40. The number of hydrogen-bond acceptors (Lipinski definition) is 4. The van der Waals surface area contributed by atoms with Gasteiger partial charge in [-0.05, 0) is 66.7 Å². The fraction of sp³-hybridized carbons (Fsp3) is 0.500. The second-order valence-electron chi connectivity index (χ2n) is 10.9. The van der Waals surface area contributed by atoms with Gasteiger partial charge in [0.2, 0.25) is 0 Å². The van der Waals surface area contributed by atoms with Crippen molar-refractivity contribution in [2.45, 2.75) is 83.0 Å². The molecule has 0 aliphatic heterocycles. The molecule has 3 rings (SSSR count). The summed E-state index contributed by atoms with van der Waals surface area (Å²) >= 11 is 12.9. The van der Waals surface area contributed by atoms with Crippen molar-refractivity contribution in [2.24, 2.45) is 0 Å². The number of pyridine rings is 1. The Morgan fingerprint density at radius 2 is 2.06 bits per heavy atom. The van der Waals surface area contributed by atoms with Gasteiger partial charge in [-0.3, -0.25) is 9.78 Å². The molecule has 0 saturated carbocycles. The fourth-order valence-electron chi connectivity index (χ4n) is 4.22. The Bertz CT molecular complexity index is 1120. The minimum Gasteiger partial charge on any atom is -0.413 e. The molecule has 1 aromatic heterocycles. The summed E-state index contributed by atoms with van der Waals surface area (Å²) in [4.78, 5) is 17.7. The second kappa shape index (κ2) is 11.4. The molecule has 2 aromatic rings. The number of alkyl halides is 1. The number of nitrogens with zero attached hydrogens (tertiary/aromatic N) is 1. The molecule has 0 N–H and O–H groups in total. The van der Waals surface area contributed by atoms with Gasteiger partial charge < -0.3 is 9.16 Å². The monoisotopic (exact) mass is 551 g/mol. The zero-order valence-electron chi connectivity index (χ0n) is 21.8. The summed E-state index contributed by atoms with van der Waals surface area (Å²) in [5, 5.41) is 1.01. The van der Waals surface area contributed by atoms with E-state index < -0.39 is 19.8 Å². The molecule has 4 nitrogen and oxygen atoms in total. The number of carbonyl (C=O) groups excluding carboxylic acids is 1. The lowest BCUT2D eigenvalue weighted by Gasteiger charge is -2.36. The molecule has 0 fully saturated rings. The third-order valence-electron chi connectivity index (χ3n) is 7.43. The molecule has 1 heterocycles. The van der Waals surface area contributed by atoms with E-state index in [-0.39, 0.29) is 24.0 Å². The van der Waals surface area contributed by atoms with Gasteiger partial charge in [-0.15, -0.1) is 6.58 Å². The van der Waals surface area contributed by atoms with Crippen LogP contribution in [-0.4, -0.2) is 25.7 Å². The number of rotatable bonds is 10. The number of halogens is 3. The predicted octanol–water partition coefficient (Wildman–Crippen LogP) is 8.31. The third kappa shape index (κ3) is 6.28. The molecular formula is C28H36Cl2FNO3Si. The quantitative estimate of drug-likeness (QED) is 0.220. The highest BCUT2D eigenvalue weighted by atomic mass is 35.5. The Balaban J connectivity index is 1.81. The smallest absolute Gasteiger partial charge is 0.195 e. The topological polar surface area (TPSA) is 48.4 Å². The zero-order chi connectivity index (χ0) is 26.7. The third-order valence-corrected chi connectivity index (χ3v) is 12.5. The van der Waals surface area contributed by atoms with E-state index in [2.05, 4.69) is 45.4 Å². The van der Waals surface area contributed by atoms with Crippen LogP contribution in [-0.2, 0) is 32.7 Å². The summed E-state index contributed by atoms with van der Waals surface area (Å²) in [6, 6.07) is 6.78. The molecule has 0 spiro atoms. The lowest BCUT2D eigenvalue weighted by molar-refractivity contribution is -0.133. The van der Waals surface area contributed by atoms with Crippen LogP contribution in [0.1, 0.15) is 68.5 Å². The number of ether oxygens (including phenoxy) is 1. The van der Waals surface area contributed by atoms with Crippen molar-refractivity contribution < 1.29 is 18.3 Å². The van der Waals surface area contributed by atoms with E-state index in [1.807, 2.05) is 6.07 Å². The molecule has 2 atom stereocenters. The highest BCUT2D eigenvalue weighted by molar-refractivity contribution is 6.74. The van der Waals surface area contributed by atoms with Crippen LogP contribution in [0.15, 0.2) is 43.1 Å². The predicted molar refractivity (Wildman–Crippen MR) is 147 cm³/mol. The lowest BCUT2D eigenvalue weighted by atomic mass is 9.77. The Morgan fingerprint density at radius 1 is 1.33 bits per heavy atom. The molecular weight excluding hydrogens is 516 g/mol. The van der Waals surface area contributed by atoms with Gasteiger partial charge in [-0.1, -0.05) is 56.1 Å². The summed E-state index contributed by atoms with van der Waals surface area (Å²) in [6.07, 6.45) is 3.59. The summed E-state index contributed by atoms with van der Waals surface area (Å²) in [6.45, 7) is 15.2. The first-order valence-corrected chi connectivity index (χ1v) is 16.0. The van der Waals surface area contributed by atoms with Crippen LogP contribution >= 0.6 is 23.2 Å². The summed E-state index contributed by atoms with van der Waals surface area (Å²) < 4.78 is 28.5. The number of benzene rings is 1. The molecule has 0 radical (unpaired) electrons. The van der Waals surface area contributed by atoms with Crippen molar-refractivity contribution in [1.82, 2.24) is 4.98 Å². The van der Waals surface area contributed by atoms with Crippen molar-refractivity contribution in [3.05, 3.63) is 75.5 Å². The van der Waals surface area contributed by atoms with Gasteiger partial charge >= 0.3 is 0 Å². The van der Waals surface area contributed by atoms with Crippen LogP contribution in [0.2, 0.25) is 28.2 Å². The van der Waals surface area contributed by atoms with Crippen molar-refractivity contribution in [3.8, 4) is 0 Å². The molecule has 1 aliphatic carbocycles. The average Bonchev–Trinajstić information content (AvgIpc) is 2.81. The Morgan fingerprint density at radius 3 is 2.72 bits per heavy atom. The molecule has 0 amide bonds. The number of carbonyl (C=O) groups is 1. The van der Waals surface area contributed by atoms with Gasteiger partial charge in [-0.25, -0.2) is 4.39 Å². The van der Waals surface area contributed by atoms with Crippen molar-refractivity contribution in [3.63, 3.8) is 0 Å². The summed E-state index contributed by atoms with van der Waals surface area (Å²) in [5.41, 5.74) is 0.259. The van der Waals surface area contributed by atoms with E-state index >= 15 is 4.39 Å². The van der Waals surface area contributed by atoms with Gasteiger partial charge in [0.05, 0.1) is 18.9 Å². The summed E-state index contributed by atoms with van der Waals surface area (Å²) in [7, 11) is -2.02. The van der Waals surface area contributed by atoms with Gasteiger partial charge in [0.25, 0.3) is 0 Å². The maximum Gasteiger partial charge on any atom is 0.195 e. The fourth-order valence-corrected chi connectivity index (χ4v) is 5.80. The molecule has 196 valence electrons. The molecule has 0 unspecified atom stereocenters. The zero-order valence-corrected chi connectivity index (χ0v) is 24.3.